The van der Waals surface area contributed by atoms with E-state index in [4.69, 9.17) is 14.7 Å². The minimum Gasteiger partial charge on any atom is -0.493 e. The Morgan fingerprint density at radius 2 is 1.64 bits per heavy atom. The van der Waals surface area contributed by atoms with Gasteiger partial charge in [0.15, 0.2) is 11.5 Å². The van der Waals surface area contributed by atoms with Gasteiger partial charge in [-0.1, -0.05) is 61.0 Å². The zero-order chi connectivity index (χ0) is 24.4. The molecule has 0 aliphatic carbocycles. The van der Waals surface area contributed by atoms with Crippen LogP contribution in [-0.4, -0.2) is 26.5 Å². The molecular formula is C25H29NO6S. The van der Waals surface area contributed by atoms with E-state index in [-0.39, 0.29) is 28.4 Å². The summed E-state index contributed by atoms with van der Waals surface area (Å²) in [5.41, 5.74) is 8.43. The van der Waals surface area contributed by atoms with Gasteiger partial charge in [-0.25, -0.2) is 0 Å². The van der Waals surface area contributed by atoms with E-state index in [1.54, 1.807) is 18.2 Å². The lowest BCUT2D eigenvalue weighted by Gasteiger charge is -2.16. The van der Waals surface area contributed by atoms with Gasteiger partial charge in [-0.15, -0.1) is 0 Å². The van der Waals surface area contributed by atoms with Crippen molar-refractivity contribution < 1.29 is 27.2 Å². The highest BCUT2D eigenvalue weighted by Gasteiger charge is 2.23. The molecule has 0 radical (unpaired) electrons. The van der Waals surface area contributed by atoms with Gasteiger partial charge in [0.1, 0.15) is 4.90 Å². The average molecular weight is 472 g/mol. The topological polar surface area (TPSA) is 116 Å². The second-order valence-electron chi connectivity index (χ2n) is 7.23. The van der Waals surface area contributed by atoms with Crippen molar-refractivity contribution in [1.82, 2.24) is 0 Å². The number of carbonyl (C=O) groups excluding carboxylic acids is 1. The molecule has 0 bridgehead atoms. The SMILES string of the molecule is CCc1ccc(C)cc1.COc1ccc(CC(N)=O)c(CO)c1OS(=O)(=O)c1ccccc1. The number of primary amides is 1. The van der Waals surface area contributed by atoms with Crippen LogP contribution >= 0.6 is 0 Å². The van der Waals surface area contributed by atoms with Crippen molar-refractivity contribution in [1.29, 1.82) is 0 Å². The maximum absolute atomic E-state index is 12.4. The Kier molecular flexibility index (Phi) is 9.44. The average Bonchev–Trinajstić information content (AvgIpc) is 2.80. The van der Waals surface area contributed by atoms with Gasteiger partial charge in [-0.2, -0.15) is 8.42 Å². The van der Waals surface area contributed by atoms with Gasteiger partial charge in [0.25, 0.3) is 0 Å². The molecule has 3 N–H and O–H groups in total. The number of aliphatic hydroxyl groups is 1. The van der Waals surface area contributed by atoms with Crippen LogP contribution in [0.3, 0.4) is 0 Å². The van der Waals surface area contributed by atoms with Crippen LogP contribution in [0.25, 0.3) is 0 Å². The number of rotatable bonds is 8. The minimum absolute atomic E-state index is 0.0451. The lowest BCUT2D eigenvalue weighted by atomic mass is 10.0. The molecule has 1 amide bonds. The van der Waals surface area contributed by atoms with Crippen LogP contribution in [0.4, 0.5) is 0 Å². The second kappa shape index (κ2) is 12.0. The molecule has 7 nitrogen and oxygen atoms in total. The number of amides is 1. The number of ether oxygens (including phenoxy) is 1. The predicted octanol–water partition coefficient (Wildman–Crippen LogP) is 3.54. The lowest BCUT2D eigenvalue weighted by Crippen LogP contribution is -2.17. The molecule has 0 atom stereocenters. The number of aryl methyl sites for hydroxylation is 2. The quantitative estimate of drug-likeness (QED) is 0.486. The first-order valence-electron chi connectivity index (χ1n) is 10.3. The van der Waals surface area contributed by atoms with Crippen molar-refractivity contribution >= 4 is 16.0 Å². The van der Waals surface area contributed by atoms with Crippen molar-refractivity contribution in [3.63, 3.8) is 0 Å². The van der Waals surface area contributed by atoms with E-state index in [1.165, 1.54) is 42.5 Å². The van der Waals surface area contributed by atoms with Crippen molar-refractivity contribution in [3.05, 3.63) is 89.0 Å². The van der Waals surface area contributed by atoms with Gasteiger partial charge in [0, 0.05) is 5.56 Å². The summed E-state index contributed by atoms with van der Waals surface area (Å²) in [6.45, 7) is 3.74. The summed E-state index contributed by atoms with van der Waals surface area (Å²) in [5.74, 6) is -0.666. The number of hydrogen-bond donors (Lipinski definition) is 2. The van der Waals surface area contributed by atoms with Crippen LogP contribution in [-0.2, 0) is 34.4 Å². The summed E-state index contributed by atoms with van der Waals surface area (Å²) in [5, 5.41) is 9.62. The van der Waals surface area contributed by atoms with Crippen LogP contribution < -0.4 is 14.7 Å². The smallest absolute Gasteiger partial charge is 0.339 e. The summed E-state index contributed by atoms with van der Waals surface area (Å²) in [6.07, 6.45) is 0.974. The molecule has 0 aliphatic heterocycles. The van der Waals surface area contributed by atoms with Gasteiger partial charge in [-0.05, 0) is 42.7 Å². The summed E-state index contributed by atoms with van der Waals surface area (Å²) in [6, 6.07) is 19.2. The third kappa shape index (κ3) is 7.34. The van der Waals surface area contributed by atoms with E-state index in [1.807, 2.05) is 0 Å². The Labute approximate surface area is 194 Å². The molecule has 0 unspecified atom stereocenters. The molecule has 8 heteroatoms. The molecule has 0 heterocycles. The number of aliphatic hydroxyl groups excluding tert-OH is 1. The number of methoxy groups -OCH3 is 1. The molecule has 3 aromatic carbocycles. The normalized spacial score (nSPS) is 10.7. The van der Waals surface area contributed by atoms with Crippen LogP contribution in [0.1, 0.15) is 29.2 Å². The minimum atomic E-state index is -4.13. The van der Waals surface area contributed by atoms with E-state index >= 15 is 0 Å². The second-order valence-corrected chi connectivity index (χ2v) is 8.77. The fourth-order valence-corrected chi connectivity index (χ4v) is 3.98. The molecule has 0 spiro atoms. The molecule has 176 valence electrons. The Bertz CT molecular complexity index is 1160. The molecule has 0 aliphatic rings. The van der Waals surface area contributed by atoms with Crippen LogP contribution in [0, 0.1) is 6.92 Å². The van der Waals surface area contributed by atoms with Gasteiger partial charge in [0.05, 0.1) is 20.1 Å². The Hall–Kier alpha value is -3.36. The number of hydrogen-bond acceptors (Lipinski definition) is 6. The lowest BCUT2D eigenvalue weighted by molar-refractivity contribution is -0.117. The zero-order valence-electron chi connectivity index (χ0n) is 18.9. The molecular weight excluding hydrogens is 442 g/mol. The largest absolute Gasteiger partial charge is 0.493 e. The van der Waals surface area contributed by atoms with E-state index in [0.717, 1.165) is 6.42 Å². The molecule has 33 heavy (non-hydrogen) atoms. The molecule has 0 aromatic heterocycles. The van der Waals surface area contributed by atoms with Crippen LogP contribution in [0.2, 0.25) is 0 Å². The third-order valence-electron chi connectivity index (χ3n) is 4.82. The van der Waals surface area contributed by atoms with Gasteiger partial charge in [-0.3, -0.25) is 4.79 Å². The van der Waals surface area contributed by atoms with Gasteiger partial charge < -0.3 is 19.8 Å². The molecule has 3 aromatic rings. The number of benzene rings is 3. The fraction of sp³-hybridized carbons (Fsp3) is 0.240. The summed E-state index contributed by atoms with van der Waals surface area (Å²) in [4.78, 5) is 11.1. The third-order valence-corrected chi connectivity index (χ3v) is 6.05. The van der Waals surface area contributed by atoms with Crippen molar-refractivity contribution in [3.8, 4) is 11.5 Å². The highest BCUT2D eigenvalue weighted by atomic mass is 32.2. The van der Waals surface area contributed by atoms with Gasteiger partial charge >= 0.3 is 10.1 Å². The van der Waals surface area contributed by atoms with E-state index < -0.39 is 22.6 Å². The predicted molar refractivity (Wildman–Crippen MR) is 127 cm³/mol. The van der Waals surface area contributed by atoms with E-state index in [0.29, 0.717) is 5.56 Å². The van der Waals surface area contributed by atoms with E-state index in [9.17, 15) is 18.3 Å². The van der Waals surface area contributed by atoms with E-state index in [2.05, 4.69) is 38.1 Å². The van der Waals surface area contributed by atoms with Crippen molar-refractivity contribution in [2.45, 2.75) is 38.2 Å². The van der Waals surface area contributed by atoms with Crippen LogP contribution in [0.5, 0.6) is 11.5 Å². The Morgan fingerprint density at radius 1 is 1.00 bits per heavy atom. The Balaban J connectivity index is 0.000000357. The van der Waals surface area contributed by atoms with Crippen molar-refractivity contribution in [2.24, 2.45) is 5.73 Å². The standard InChI is InChI=1S/C16H17NO6S.C9H12/c1-22-14-8-7-11(9-15(17)19)13(10-18)16(14)23-24(20,21)12-5-3-2-4-6-12;1-3-9-6-4-8(2)5-7-9/h2-8,18H,9-10H2,1H3,(H2,17,19);4-7H,3H2,1-2H3. The number of nitrogens with two attached hydrogens (primary N) is 1. The molecule has 0 fully saturated rings. The van der Waals surface area contributed by atoms with Crippen LogP contribution in [0.15, 0.2) is 71.6 Å². The summed E-state index contributed by atoms with van der Waals surface area (Å²) in [7, 11) is -2.79. The Morgan fingerprint density at radius 3 is 2.15 bits per heavy atom. The molecule has 3 rings (SSSR count). The summed E-state index contributed by atoms with van der Waals surface area (Å²) >= 11 is 0. The van der Waals surface area contributed by atoms with Crippen molar-refractivity contribution in [2.75, 3.05) is 7.11 Å². The monoisotopic (exact) mass is 471 g/mol. The highest BCUT2D eigenvalue weighted by Crippen LogP contribution is 2.36. The maximum atomic E-state index is 12.4. The molecule has 0 saturated carbocycles. The maximum Gasteiger partial charge on any atom is 0.339 e. The first-order valence-corrected chi connectivity index (χ1v) is 11.8. The van der Waals surface area contributed by atoms with Gasteiger partial charge in [0.2, 0.25) is 5.91 Å². The first kappa shape index (κ1) is 25.9. The highest BCUT2D eigenvalue weighted by molar-refractivity contribution is 7.87. The summed E-state index contributed by atoms with van der Waals surface area (Å²) < 4.78 is 35.1. The first-order chi connectivity index (χ1) is 15.7. The zero-order valence-corrected chi connectivity index (χ0v) is 19.8. The fourth-order valence-electron chi connectivity index (χ4n) is 2.99. The number of carbonyl (C=O) groups is 1. The molecule has 0 saturated heterocycles.